The van der Waals surface area contributed by atoms with Crippen molar-refractivity contribution in [1.82, 2.24) is 4.57 Å². The number of thiazole rings is 1. The lowest BCUT2D eigenvalue weighted by Crippen LogP contribution is -2.39. The summed E-state index contributed by atoms with van der Waals surface area (Å²) in [6, 6.07) is 19.6. The summed E-state index contributed by atoms with van der Waals surface area (Å²) in [5, 5.41) is 0.638. The lowest BCUT2D eigenvalue weighted by Gasteiger charge is -2.24. The standard InChI is InChI=1S/C31H25ClN2O6S/c1-3-37-30(36)27-18(2)33-31-34(28(27)20-11-12-24-25(15-20)40-17-39-24)29(35)26(41-31)14-19-7-6-9-22(13-19)38-16-21-8-4-5-10-23(21)32/h4-15,28H,3,16-17H2,1-2H3/b26-14-/t28-/m1/s1. The van der Waals surface area contributed by atoms with Gasteiger partial charge in [0.1, 0.15) is 12.4 Å². The largest absolute Gasteiger partial charge is 0.489 e. The molecule has 208 valence electrons. The lowest BCUT2D eigenvalue weighted by atomic mass is 9.95. The highest BCUT2D eigenvalue weighted by Crippen LogP contribution is 2.38. The molecule has 0 fully saturated rings. The first-order chi connectivity index (χ1) is 19.9. The highest BCUT2D eigenvalue weighted by Gasteiger charge is 2.34. The molecule has 1 aromatic heterocycles. The average Bonchev–Trinajstić information content (AvgIpc) is 3.55. The molecule has 4 aromatic rings. The third kappa shape index (κ3) is 5.26. The zero-order valence-electron chi connectivity index (χ0n) is 22.3. The molecule has 0 aliphatic carbocycles. The number of halogens is 1. The van der Waals surface area contributed by atoms with Gasteiger partial charge in [0.2, 0.25) is 6.79 Å². The van der Waals surface area contributed by atoms with Crippen molar-refractivity contribution in [3.8, 4) is 17.2 Å². The summed E-state index contributed by atoms with van der Waals surface area (Å²) in [6.07, 6.45) is 1.80. The van der Waals surface area contributed by atoms with E-state index in [2.05, 4.69) is 4.99 Å². The zero-order valence-corrected chi connectivity index (χ0v) is 23.8. The minimum absolute atomic E-state index is 0.113. The number of ether oxygens (including phenoxy) is 4. The molecular weight excluding hydrogens is 564 g/mol. The van der Waals surface area contributed by atoms with E-state index in [0.29, 0.717) is 55.0 Å². The van der Waals surface area contributed by atoms with Crippen molar-refractivity contribution in [3.63, 3.8) is 0 Å². The summed E-state index contributed by atoms with van der Waals surface area (Å²) < 4.78 is 24.4. The minimum atomic E-state index is -0.743. The van der Waals surface area contributed by atoms with Gasteiger partial charge >= 0.3 is 5.97 Å². The third-order valence-corrected chi connectivity index (χ3v) is 8.09. The molecule has 6 rings (SSSR count). The number of carbonyl (C=O) groups excluding carboxylic acids is 1. The third-order valence-electron chi connectivity index (χ3n) is 6.74. The Bertz CT molecular complexity index is 1880. The molecule has 0 amide bonds. The van der Waals surface area contributed by atoms with Gasteiger partial charge in [-0.2, -0.15) is 0 Å². The molecule has 2 aliphatic rings. The predicted molar refractivity (Wildman–Crippen MR) is 155 cm³/mol. The zero-order chi connectivity index (χ0) is 28.5. The quantitative estimate of drug-likeness (QED) is 0.289. The van der Waals surface area contributed by atoms with Crippen LogP contribution in [0.15, 0.2) is 87.8 Å². The number of benzene rings is 3. The fraction of sp³-hybridized carbons (Fsp3) is 0.194. The molecule has 0 bridgehead atoms. The number of nitrogens with zero attached hydrogens (tertiary/aromatic N) is 2. The predicted octanol–water partition coefficient (Wildman–Crippen LogP) is 4.76. The van der Waals surface area contributed by atoms with Gasteiger partial charge < -0.3 is 18.9 Å². The molecule has 8 nitrogen and oxygen atoms in total. The molecule has 0 saturated carbocycles. The van der Waals surface area contributed by atoms with Gasteiger partial charge in [-0.3, -0.25) is 9.36 Å². The van der Waals surface area contributed by atoms with Gasteiger partial charge in [-0.25, -0.2) is 9.79 Å². The van der Waals surface area contributed by atoms with Crippen LogP contribution in [0.5, 0.6) is 17.2 Å². The van der Waals surface area contributed by atoms with Crippen LogP contribution in [0.2, 0.25) is 5.02 Å². The Balaban J connectivity index is 1.40. The van der Waals surface area contributed by atoms with Crippen molar-refractivity contribution in [2.75, 3.05) is 13.4 Å². The SMILES string of the molecule is CCOC(=O)C1=C(C)N=c2s/c(=C\c3cccc(OCc4ccccc4Cl)c3)c(=O)n2[C@@H]1c1ccc2c(c1)OCO2. The van der Waals surface area contributed by atoms with Crippen LogP contribution in [-0.2, 0) is 16.1 Å². The first-order valence-electron chi connectivity index (χ1n) is 13.0. The summed E-state index contributed by atoms with van der Waals surface area (Å²) in [4.78, 5) is 32.2. The molecule has 1 atom stereocenters. The maximum Gasteiger partial charge on any atom is 0.338 e. The van der Waals surface area contributed by atoms with E-state index < -0.39 is 12.0 Å². The summed E-state index contributed by atoms with van der Waals surface area (Å²) in [7, 11) is 0. The Morgan fingerprint density at radius 2 is 1.95 bits per heavy atom. The average molecular weight is 589 g/mol. The van der Waals surface area contributed by atoms with E-state index in [1.165, 1.54) is 11.3 Å². The van der Waals surface area contributed by atoms with Crippen LogP contribution in [0.1, 0.15) is 36.6 Å². The molecular formula is C31H25ClN2O6S. The van der Waals surface area contributed by atoms with Crippen molar-refractivity contribution < 1.29 is 23.7 Å². The Labute approximate surface area is 244 Å². The van der Waals surface area contributed by atoms with Crippen LogP contribution in [0, 0.1) is 0 Å². The number of carbonyl (C=O) groups is 1. The second-order valence-corrected chi connectivity index (χ2v) is 10.8. The Kier molecular flexibility index (Phi) is 7.38. The Hall–Kier alpha value is -4.34. The maximum absolute atomic E-state index is 13.9. The highest BCUT2D eigenvalue weighted by atomic mass is 35.5. The van der Waals surface area contributed by atoms with Crippen LogP contribution in [0.25, 0.3) is 6.08 Å². The number of fused-ring (bicyclic) bond motifs is 2. The Morgan fingerprint density at radius 3 is 2.78 bits per heavy atom. The van der Waals surface area contributed by atoms with Crippen LogP contribution in [-0.4, -0.2) is 23.9 Å². The molecule has 0 saturated heterocycles. The highest BCUT2D eigenvalue weighted by molar-refractivity contribution is 7.07. The molecule has 0 N–H and O–H groups in total. The van der Waals surface area contributed by atoms with E-state index in [4.69, 9.17) is 30.5 Å². The molecule has 0 radical (unpaired) electrons. The van der Waals surface area contributed by atoms with Crippen LogP contribution >= 0.6 is 22.9 Å². The summed E-state index contributed by atoms with van der Waals surface area (Å²) >= 11 is 7.52. The molecule has 2 aliphatic heterocycles. The molecule has 3 aromatic carbocycles. The van der Waals surface area contributed by atoms with Crippen molar-refractivity contribution >= 4 is 35.0 Å². The number of aromatic nitrogens is 1. The first kappa shape index (κ1) is 26.9. The fourth-order valence-corrected chi connectivity index (χ4v) is 6.05. The number of hydrogen-bond acceptors (Lipinski definition) is 8. The fourth-order valence-electron chi connectivity index (χ4n) is 4.81. The van der Waals surface area contributed by atoms with Gasteiger partial charge in [0.25, 0.3) is 5.56 Å². The topological polar surface area (TPSA) is 88.4 Å². The van der Waals surface area contributed by atoms with Gasteiger partial charge in [0.05, 0.1) is 28.5 Å². The molecule has 10 heteroatoms. The molecule has 0 unspecified atom stereocenters. The number of rotatable bonds is 7. The first-order valence-corrected chi connectivity index (χ1v) is 14.2. The van der Waals surface area contributed by atoms with Crippen molar-refractivity contribution in [2.45, 2.75) is 26.5 Å². The normalized spacial score (nSPS) is 15.9. The van der Waals surface area contributed by atoms with E-state index in [1.807, 2.05) is 54.6 Å². The number of allylic oxidation sites excluding steroid dienone is 1. The molecule has 41 heavy (non-hydrogen) atoms. The van der Waals surface area contributed by atoms with Gasteiger partial charge in [0, 0.05) is 10.6 Å². The van der Waals surface area contributed by atoms with Gasteiger partial charge in [-0.05, 0) is 61.4 Å². The van der Waals surface area contributed by atoms with E-state index in [-0.39, 0.29) is 19.0 Å². The van der Waals surface area contributed by atoms with E-state index in [0.717, 1.165) is 11.1 Å². The second kappa shape index (κ2) is 11.3. The van der Waals surface area contributed by atoms with Gasteiger partial charge in [0.15, 0.2) is 16.3 Å². The molecule has 0 spiro atoms. The summed E-state index contributed by atoms with van der Waals surface area (Å²) in [5.41, 5.74) is 2.88. The van der Waals surface area contributed by atoms with E-state index in [1.54, 1.807) is 36.6 Å². The summed E-state index contributed by atoms with van der Waals surface area (Å²) in [5.74, 6) is 1.28. The summed E-state index contributed by atoms with van der Waals surface area (Å²) in [6.45, 7) is 4.12. The van der Waals surface area contributed by atoms with E-state index in [9.17, 15) is 9.59 Å². The number of esters is 1. The number of hydrogen-bond donors (Lipinski definition) is 0. The molecule has 3 heterocycles. The smallest absolute Gasteiger partial charge is 0.338 e. The van der Waals surface area contributed by atoms with Crippen molar-refractivity contribution in [3.05, 3.63) is 119 Å². The van der Waals surface area contributed by atoms with Crippen LogP contribution in [0.3, 0.4) is 0 Å². The van der Waals surface area contributed by atoms with E-state index >= 15 is 0 Å². The van der Waals surface area contributed by atoms with Crippen molar-refractivity contribution in [1.29, 1.82) is 0 Å². The second-order valence-electron chi connectivity index (χ2n) is 9.37. The lowest BCUT2D eigenvalue weighted by molar-refractivity contribution is -0.139. The monoisotopic (exact) mass is 588 g/mol. The van der Waals surface area contributed by atoms with Crippen LogP contribution in [0.4, 0.5) is 0 Å². The van der Waals surface area contributed by atoms with Gasteiger partial charge in [-0.1, -0.05) is 59.3 Å². The minimum Gasteiger partial charge on any atom is -0.489 e. The van der Waals surface area contributed by atoms with Crippen LogP contribution < -0.4 is 29.1 Å². The van der Waals surface area contributed by atoms with Gasteiger partial charge in [-0.15, -0.1) is 0 Å². The Morgan fingerprint density at radius 1 is 1.12 bits per heavy atom. The maximum atomic E-state index is 13.9. The van der Waals surface area contributed by atoms with Crippen molar-refractivity contribution in [2.24, 2.45) is 4.99 Å².